The van der Waals surface area contributed by atoms with Gasteiger partial charge in [0.25, 0.3) is 0 Å². The summed E-state index contributed by atoms with van der Waals surface area (Å²) < 4.78 is 171. The van der Waals surface area contributed by atoms with Crippen molar-refractivity contribution in [3.8, 4) is 0 Å². The van der Waals surface area contributed by atoms with E-state index >= 15 is 0 Å². The maximum Gasteiger partial charge on any atom is 0.460 e. The first-order chi connectivity index (χ1) is 14.4. The molecule has 0 bridgehead atoms. The largest absolute Gasteiger partial charge is 0.460 e. The third-order valence-electron chi connectivity index (χ3n) is 6.10. The van der Waals surface area contributed by atoms with Gasteiger partial charge in [-0.1, -0.05) is 44.4 Å². The quantitative estimate of drug-likeness (QED) is 0.225. The van der Waals surface area contributed by atoms with Gasteiger partial charge < -0.3 is 5.11 Å². The molecule has 0 aromatic rings. The van der Waals surface area contributed by atoms with E-state index in [2.05, 4.69) is 0 Å². The molecule has 0 amide bonds. The van der Waals surface area contributed by atoms with Crippen LogP contribution in [-0.2, 0) is 0 Å². The highest BCUT2D eigenvalue weighted by Crippen LogP contribution is 2.61. The highest BCUT2D eigenvalue weighted by atomic mass is 28.3. The maximum absolute atomic E-state index is 14.0. The van der Waals surface area contributed by atoms with Gasteiger partial charge in [-0.15, -0.1) is 0 Å². The summed E-state index contributed by atoms with van der Waals surface area (Å²) in [5, 5.41) is 9.63. The van der Waals surface area contributed by atoms with E-state index < -0.39 is 62.4 Å². The Labute approximate surface area is 182 Å². The van der Waals surface area contributed by atoms with Gasteiger partial charge in [-0.3, -0.25) is 0 Å². The molecule has 33 heavy (non-hydrogen) atoms. The van der Waals surface area contributed by atoms with Crippen molar-refractivity contribution >= 4 is 8.07 Å². The molecule has 0 aromatic heterocycles. The van der Waals surface area contributed by atoms with Crippen LogP contribution in [0.3, 0.4) is 0 Å². The fraction of sp³-hybridized carbons (Fsp3) is 1.00. The summed E-state index contributed by atoms with van der Waals surface area (Å²) in [7, 11) is -2.82. The van der Waals surface area contributed by atoms with Crippen molar-refractivity contribution in [3.63, 3.8) is 0 Å². The van der Waals surface area contributed by atoms with Gasteiger partial charge in [0.15, 0.2) is 0 Å². The van der Waals surface area contributed by atoms with Gasteiger partial charge in [0.1, 0.15) is 0 Å². The third-order valence-corrected chi connectivity index (χ3v) is 9.34. The minimum atomic E-state index is -7.85. The summed E-state index contributed by atoms with van der Waals surface area (Å²) in [5.74, 6) is -36.4. The smallest absolute Gasteiger partial charge is 0.393 e. The van der Waals surface area contributed by atoms with Crippen molar-refractivity contribution in [3.05, 3.63) is 0 Å². The molecule has 1 N–H and O–H groups in total. The van der Waals surface area contributed by atoms with E-state index in [0.717, 1.165) is 6.42 Å². The maximum atomic E-state index is 14.0. The number of aliphatic hydroxyl groups is 1. The standard InChI is InChI=1S/C18H25F13OSi/c1-33(2,8-6-11-4-3-5-12(32)10-11)9-7-13(19,20)14(21,22)15(23,24)16(25,26)17(27,28)18(29,30)31/h11-12,32H,3-10H2,1-2H3. The second-order valence-electron chi connectivity index (χ2n) is 9.39. The third kappa shape index (κ3) is 5.92. The van der Waals surface area contributed by atoms with Gasteiger partial charge in [-0.2, -0.15) is 57.1 Å². The van der Waals surface area contributed by atoms with Crippen molar-refractivity contribution in [1.29, 1.82) is 0 Å². The first-order valence-corrected chi connectivity index (χ1v) is 13.5. The molecule has 0 heterocycles. The van der Waals surface area contributed by atoms with Crippen molar-refractivity contribution in [2.24, 2.45) is 5.92 Å². The minimum Gasteiger partial charge on any atom is -0.393 e. The topological polar surface area (TPSA) is 20.2 Å². The zero-order valence-corrected chi connectivity index (χ0v) is 18.7. The number of alkyl halides is 13. The lowest BCUT2D eigenvalue weighted by molar-refractivity contribution is -0.439. The van der Waals surface area contributed by atoms with Crippen LogP contribution in [0.5, 0.6) is 0 Å². The van der Waals surface area contributed by atoms with Gasteiger partial charge in [0, 0.05) is 14.5 Å². The lowest BCUT2D eigenvalue weighted by Gasteiger charge is -2.40. The second-order valence-corrected chi connectivity index (χ2v) is 14.7. The van der Waals surface area contributed by atoms with Crippen LogP contribution < -0.4 is 0 Å². The average Bonchev–Trinajstić information content (AvgIpc) is 2.63. The number of rotatable bonds is 10. The first kappa shape index (κ1) is 30.3. The minimum absolute atomic E-state index is 0.0232. The Hall–Kier alpha value is -0.733. The van der Waals surface area contributed by atoms with Gasteiger partial charge in [-0.25, -0.2) is 0 Å². The summed E-state index contributed by atoms with van der Waals surface area (Å²) in [6.07, 6.45) is -7.16. The monoisotopic (exact) mass is 532 g/mol. The molecule has 1 aliphatic rings. The van der Waals surface area contributed by atoms with E-state index in [1.165, 1.54) is 13.1 Å². The number of hydrogen-bond acceptors (Lipinski definition) is 1. The molecular formula is C18H25F13OSi. The first-order valence-electron chi connectivity index (χ1n) is 10.1. The predicted molar refractivity (Wildman–Crippen MR) is 95.1 cm³/mol. The summed E-state index contributed by atoms with van der Waals surface area (Å²) in [6, 6.07) is -0.563. The second kappa shape index (κ2) is 9.38. The molecule has 0 saturated heterocycles. The molecule has 1 saturated carbocycles. The number of aliphatic hydroxyl groups excluding tert-OH is 1. The van der Waals surface area contributed by atoms with Crippen molar-refractivity contribution in [1.82, 2.24) is 0 Å². The molecule has 1 rings (SSSR count). The van der Waals surface area contributed by atoms with Crippen LogP contribution in [0, 0.1) is 5.92 Å². The highest BCUT2D eigenvalue weighted by molar-refractivity contribution is 6.77. The average molecular weight is 532 g/mol. The van der Waals surface area contributed by atoms with Crippen LogP contribution in [0.25, 0.3) is 0 Å². The SMILES string of the molecule is C[Si](C)(CCC1CCCC(O)C1)CCC(F)(F)C(F)(F)C(F)(F)C(F)(F)C(F)(F)C(F)(F)F. The van der Waals surface area contributed by atoms with Crippen LogP contribution in [-0.4, -0.2) is 55.1 Å². The molecule has 0 spiro atoms. The van der Waals surface area contributed by atoms with Gasteiger partial charge >= 0.3 is 35.8 Å². The van der Waals surface area contributed by atoms with Crippen LogP contribution in [0.15, 0.2) is 0 Å². The predicted octanol–water partition coefficient (Wildman–Crippen LogP) is 7.76. The molecule has 15 heteroatoms. The fourth-order valence-electron chi connectivity index (χ4n) is 3.70. The number of hydrogen-bond donors (Lipinski definition) is 1. The lowest BCUT2D eigenvalue weighted by Crippen LogP contribution is -2.70. The molecule has 2 unspecified atom stereocenters. The Morgan fingerprint density at radius 3 is 1.64 bits per heavy atom. The lowest BCUT2D eigenvalue weighted by atomic mass is 9.86. The van der Waals surface area contributed by atoms with Crippen molar-refractivity contribution in [2.45, 2.75) is 106 Å². The molecule has 0 aromatic carbocycles. The van der Waals surface area contributed by atoms with Crippen LogP contribution in [0.2, 0.25) is 25.2 Å². The van der Waals surface area contributed by atoms with Crippen LogP contribution in [0.4, 0.5) is 57.1 Å². The Morgan fingerprint density at radius 1 is 0.697 bits per heavy atom. The Kier molecular flexibility index (Phi) is 8.61. The molecule has 1 nitrogen and oxygen atoms in total. The van der Waals surface area contributed by atoms with E-state index in [9.17, 15) is 62.2 Å². The van der Waals surface area contributed by atoms with Gasteiger partial charge in [0.2, 0.25) is 0 Å². The zero-order valence-electron chi connectivity index (χ0n) is 17.7. The number of halogens is 13. The molecule has 198 valence electrons. The summed E-state index contributed by atoms with van der Waals surface area (Å²) in [4.78, 5) is 0. The van der Waals surface area contributed by atoms with E-state index in [-0.39, 0.29) is 12.0 Å². The van der Waals surface area contributed by atoms with E-state index in [4.69, 9.17) is 0 Å². The molecule has 1 aliphatic carbocycles. The van der Waals surface area contributed by atoms with Gasteiger partial charge in [-0.05, 0) is 18.8 Å². The summed E-state index contributed by atoms with van der Waals surface area (Å²) in [5.41, 5.74) is 0. The Morgan fingerprint density at radius 2 is 1.18 bits per heavy atom. The van der Waals surface area contributed by atoms with Crippen LogP contribution in [0.1, 0.15) is 38.5 Å². The molecule has 2 atom stereocenters. The normalized spacial score (nSPS) is 22.5. The summed E-state index contributed by atoms with van der Waals surface area (Å²) in [6.45, 7) is 2.87. The van der Waals surface area contributed by atoms with E-state index in [1.807, 2.05) is 0 Å². The van der Waals surface area contributed by atoms with Crippen LogP contribution >= 0.6 is 0 Å². The van der Waals surface area contributed by atoms with Gasteiger partial charge in [0.05, 0.1) is 6.10 Å². The Balaban J connectivity index is 2.98. The molecular weight excluding hydrogens is 507 g/mol. The highest BCUT2D eigenvalue weighted by Gasteiger charge is 2.90. The zero-order chi connectivity index (χ0) is 26.3. The van der Waals surface area contributed by atoms with E-state index in [0.29, 0.717) is 25.7 Å². The molecule has 1 fully saturated rings. The van der Waals surface area contributed by atoms with Crippen molar-refractivity contribution in [2.75, 3.05) is 0 Å². The summed E-state index contributed by atoms with van der Waals surface area (Å²) >= 11 is 0. The fourth-order valence-corrected chi connectivity index (χ4v) is 6.13. The molecule has 0 radical (unpaired) electrons. The van der Waals surface area contributed by atoms with Crippen molar-refractivity contribution < 1.29 is 62.2 Å². The Bertz CT molecular complexity index is 660. The molecule has 0 aliphatic heterocycles. The van der Waals surface area contributed by atoms with E-state index in [1.54, 1.807) is 0 Å².